The highest BCUT2D eigenvalue weighted by molar-refractivity contribution is 9.10. The van der Waals surface area contributed by atoms with Gasteiger partial charge in [0.2, 0.25) is 0 Å². The summed E-state index contributed by atoms with van der Waals surface area (Å²) in [6.45, 7) is 0.118. The van der Waals surface area contributed by atoms with Crippen molar-refractivity contribution in [3.8, 4) is 5.75 Å². The molecule has 0 aromatic heterocycles. The van der Waals surface area contributed by atoms with Crippen molar-refractivity contribution in [3.05, 3.63) is 63.3 Å². The number of ether oxygens (including phenoxy) is 1. The van der Waals surface area contributed by atoms with E-state index in [1.165, 1.54) is 6.07 Å². The Kier molecular flexibility index (Phi) is 4.02. The van der Waals surface area contributed by atoms with E-state index in [9.17, 15) is 4.39 Å². The van der Waals surface area contributed by atoms with Gasteiger partial charge in [0.15, 0.2) is 0 Å². The standard InChI is InChI=1S/C13H9BrClFO/c14-9-4-6-10(7-5-9)17-8-11-12(15)2-1-3-13(11)16/h1-7H,8H2. The average molecular weight is 316 g/mol. The lowest BCUT2D eigenvalue weighted by atomic mass is 10.2. The van der Waals surface area contributed by atoms with E-state index >= 15 is 0 Å². The Bertz CT molecular complexity index is 493. The molecule has 1 nitrogen and oxygen atoms in total. The Morgan fingerprint density at radius 2 is 1.82 bits per heavy atom. The molecule has 88 valence electrons. The molecule has 2 rings (SSSR count). The van der Waals surface area contributed by atoms with E-state index < -0.39 is 0 Å². The van der Waals surface area contributed by atoms with Gasteiger partial charge in [0.05, 0.1) is 5.02 Å². The highest BCUT2D eigenvalue weighted by atomic mass is 79.9. The van der Waals surface area contributed by atoms with Gasteiger partial charge in [-0.3, -0.25) is 0 Å². The first-order valence-corrected chi connectivity index (χ1v) is 6.15. The Balaban J connectivity index is 2.10. The minimum Gasteiger partial charge on any atom is -0.489 e. The molecular formula is C13H9BrClFO. The molecule has 2 aromatic carbocycles. The van der Waals surface area contributed by atoms with Crippen LogP contribution in [-0.4, -0.2) is 0 Å². The fraction of sp³-hybridized carbons (Fsp3) is 0.0769. The van der Waals surface area contributed by atoms with Crippen LogP contribution in [0.1, 0.15) is 5.56 Å². The first-order valence-electron chi connectivity index (χ1n) is 4.98. The number of hydrogen-bond donors (Lipinski definition) is 0. The normalized spacial score (nSPS) is 10.3. The molecule has 0 aliphatic heterocycles. The van der Waals surface area contributed by atoms with Gasteiger partial charge in [-0.05, 0) is 36.4 Å². The summed E-state index contributed by atoms with van der Waals surface area (Å²) in [6.07, 6.45) is 0. The van der Waals surface area contributed by atoms with Crippen molar-refractivity contribution in [1.29, 1.82) is 0 Å². The highest BCUT2D eigenvalue weighted by Crippen LogP contribution is 2.22. The summed E-state index contributed by atoms with van der Waals surface area (Å²) < 4.78 is 19.9. The second-order valence-corrected chi connectivity index (χ2v) is 4.77. The van der Waals surface area contributed by atoms with Crippen LogP contribution in [0.4, 0.5) is 4.39 Å². The summed E-state index contributed by atoms with van der Waals surface area (Å²) >= 11 is 9.22. The van der Waals surface area contributed by atoms with E-state index in [1.807, 2.05) is 12.1 Å². The van der Waals surface area contributed by atoms with Gasteiger partial charge in [-0.15, -0.1) is 0 Å². The third-order valence-electron chi connectivity index (χ3n) is 2.26. The minimum absolute atomic E-state index is 0.118. The summed E-state index contributed by atoms with van der Waals surface area (Å²) in [4.78, 5) is 0. The van der Waals surface area contributed by atoms with Crippen molar-refractivity contribution in [2.24, 2.45) is 0 Å². The Morgan fingerprint density at radius 1 is 1.12 bits per heavy atom. The zero-order chi connectivity index (χ0) is 12.3. The first-order chi connectivity index (χ1) is 8.16. The summed E-state index contributed by atoms with van der Waals surface area (Å²) in [5, 5.41) is 0.377. The van der Waals surface area contributed by atoms with Gasteiger partial charge in [0, 0.05) is 10.0 Å². The van der Waals surface area contributed by atoms with Crippen LogP contribution in [0.25, 0.3) is 0 Å². The topological polar surface area (TPSA) is 9.23 Å². The maximum atomic E-state index is 13.4. The van der Waals surface area contributed by atoms with E-state index in [0.717, 1.165) is 4.47 Å². The molecule has 0 unspecified atom stereocenters. The summed E-state index contributed by atoms with van der Waals surface area (Å²) in [7, 11) is 0. The van der Waals surface area contributed by atoms with E-state index in [1.54, 1.807) is 24.3 Å². The van der Waals surface area contributed by atoms with Crippen LogP contribution in [0.15, 0.2) is 46.9 Å². The fourth-order valence-electron chi connectivity index (χ4n) is 1.36. The quantitative estimate of drug-likeness (QED) is 0.789. The van der Waals surface area contributed by atoms with Gasteiger partial charge in [-0.1, -0.05) is 33.6 Å². The molecule has 4 heteroatoms. The molecule has 0 fully saturated rings. The molecule has 0 N–H and O–H groups in total. The van der Waals surface area contributed by atoms with Gasteiger partial charge >= 0.3 is 0 Å². The van der Waals surface area contributed by atoms with Crippen molar-refractivity contribution in [1.82, 2.24) is 0 Å². The SMILES string of the molecule is Fc1cccc(Cl)c1COc1ccc(Br)cc1. The molecular weight excluding hydrogens is 306 g/mol. The predicted octanol–water partition coefficient (Wildman–Crippen LogP) is 4.82. The second-order valence-electron chi connectivity index (χ2n) is 3.44. The predicted molar refractivity (Wildman–Crippen MR) is 69.9 cm³/mol. The zero-order valence-electron chi connectivity index (χ0n) is 8.79. The number of halogens is 3. The smallest absolute Gasteiger partial charge is 0.131 e. The lowest BCUT2D eigenvalue weighted by Crippen LogP contribution is -1.99. The third-order valence-corrected chi connectivity index (χ3v) is 3.14. The lowest BCUT2D eigenvalue weighted by molar-refractivity contribution is 0.300. The molecule has 2 aromatic rings. The van der Waals surface area contributed by atoms with Crippen LogP contribution in [0, 0.1) is 5.82 Å². The molecule has 0 spiro atoms. The average Bonchev–Trinajstić information content (AvgIpc) is 2.31. The summed E-state index contributed by atoms with van der Waals surface area (Å²) in [5.74, 6) is 0.321. The highest BCUT2D eigenvalue weighted by Gasteiger charge is 2.07. The van der Waals surface area contributed by atoms with Gasteiger partial charge in [0.1, 0.15) is 18.2 Å². The summed E-state index contributed by atoms with van der Waals surface area (Å²) in [6, 6.07) is 11.9. The number of hydrogen-bond acceptors (Lipinski definition) is 1. The molecule has 0 aliphatic carbocycles. The van der Waals surface area contributed by atoms with Gasteiger partial charge in [0.25, 0.3) is 0 Å². The number of rotatable bonds is 3. The van der Waals surface area contributed by atoms with E-state index in [4.69, 9.17) is 16.3 Å². The van der Waals surface area contributed by atoms with E-state index in [-0.39, 0.29) is 12.4 Å². The molecule has 0 saturated carbocycles. The molecule has 17 heavy (non-hydrogen) atoms. The molecule has 0 saturated heterocycles. The van der Waals surface area contributed by atoms with Crippen LogP contribution < -0.4 is 4.74 Å². The van der Waals surface area contributed by atoms with Gasteiger partial charge in [-0.2, -0.15) is 0 Å². The van der Waals surface area contributed by atoms with Crippen LogP contribution in [-0.2, 0) is 6.61 Å². The van der Waals surface area contributed by atoms with Gasteiger partial charge in [-0.25, -0.2) is 4.39 Å². The Labute approximate surface area is 112 Å². The van der Waals surface area contributed by atoms with Crippen molar-refractivity contribution in [2.75, 3.05) is 0 Å². The van der Waals surface area contributed by atoms with Crippen molar-refractivity contribution in [3.63, 3.8) is 0 Å². The zero-order valence-corrected chi connectivity index (χ0v) is 11.1. The largest absolute Gasteiger partial charge is 0.489 e. The van der Waals surface area contributed by atoms with Crippen molar-refractivity contribution >= 4 is 27.5 Å². The molecule has 0 bridgehead atoms. The van der Waals surface area contributed by atoms with E-state index in [0.29, 0.717) is 16.3 Å². The first kappa shape index (κ1) is 12.4. The fourth-order valence-corrected chi connectivity index (χ4v) is 1.84. The monoisotopic (exact) mass is 314 g/mol. The van der Waals surface area contributed by atoms with Crippen LogP contribution in [0.5, 0.6) is 5.75 Å². The molecule has 0 amide bonds. The molecule has 0 radical (unpaired) electrons. The van der Waals surface area contributed by atoms with Crippen LogP contribution in [0.2, 0.25) is 5.02 Å². The third kappa shape index (κ3) is 3.20. The summed E-state index contributed by atoms with van der Waals surface area (Å²) in [5.41, 5.74) is 0.372. The van der Waals surface area contributed by atoms with E-state index in [2.05, 4.69) is 15.9 Å². The second kappa shape index (κ2) is 5.52. The molecule has 0 atom stereocenters. The minimum atomic E-state index is -0.352. The Hall–Kier alpha value is -1.06. The van der Waals surface area contributed by atoms with Crippen molar-refractivity contribution < 1.29 is 9.13 Å². The maximum absolute atomic E-state index is 13.4. The molecule has 0 heterocycles. The maximum Gasteiger partial charge on any atom is 0.131 e. The van der Waals surface area contributed by atoms with Crippen LogP contribution in [0.3, 0.4) is 0 Å². The van der Waals surface area contributed by atoms with Gasteiger partial charge < -0.3 is 4.74 Å². The number of benzene rings is 2. The Morgan fingerprint density at radius 3 is 2.47 bits per heavy atom. The molecule has 0 aliphatic rings. The van der Waals surface area contributed by atoms with Crippen LogP contribution >= 0.6 is 27.5 Å². The lowest BCUT2D eigenvalue weighted by Gasteiger charge is -2.08. The van der Waals surface area contributed by atoms with Crippen molar-refractivity contribution in [2.45, 2.75) is 6.61 Å².